The first-order chi connectivity index (χ1) is 10.6. The second-order valence-electron chi connectivity index (χ2n) is 5.48. The number of aromatic nitrogens is 2. The van der Waals surface area contributed by atoms with Gasteiger partial charge >= 0.3 is 0 Å². The standard InChI is InChI=1S/C15H23ClN4OS/c1-3-7-19(2)13-10-12(16)17-15(18-13)22-11-14(21)20-8-5-4-6-9-20/h10H,3-9,11H2,1-2H3. The van der Waals surface area contributed by atoms with Crippen LogP contribution in [0.5, 0.6) is 0 Å². The van der Waals surface area contributed by atoms with Gasteiger partial charge in [0.15, 0.2) is 5.16 Å². The van der Waals surface area contributed by atoms with Gasteiger partial charge in [-0.2, -0.15) is 0 Å². The van der Waals surface area contributed by atoms with Crippen LogP contribution in [0.1, 0.15) is 32.6 Å². The van der Waals surface area contributed by atoms with Crippen LogP contribution in [0, 0.1) is 0 Å². The number of halogens is 1. The monoisotopic (exact) mass is 342 g/mol. The van der Waals surface area contributed by atoms with Crippen molar-refractivity contribution in [3.8, 4) is 0 Å². The number of hydrogen-bond acceptors (Lipinski definition) is 5. The van der Waals surface area contributed by atoms with E-state index in [2.05, 4.69) is 16.9 Å². The van der Waals surface area contributed by atoms with Gasteiger partial charge in [-0.3, -0.25) is 4.79 Å². The average Bonchev–Trinajstić information content (AvgIpc) is 2.53. The number of anilines is 1. The number of rotatable bonds is 6. The number of piperidine rings is 1. The van der Waals surface area contributed by atoms with Crippen LogP contribution in [0.15, 0.2) is 11.2 Å². The fourth-order valence-electron chi connectivity index (χ4n) is 2.46. The lowest BCUT2D eigenvalue weighted by Crippen LogP contribution is -2.36. The van der Waals surface area contributed by atoms with Gasteiger partial charge < -0.3 is 9.80 Å². The molecule has 2 heterocycles. The minimum Gasteiger partial charge on any atom is -0.360 e. The van der Waals surface area contributed by atoms with E-state index < -0.39 is 0 Å². The molecule has 0 aromatic carbocycles. The molecule has 1 aromatic heterocycles. The summed E-state index contributed by atoms with van der Waals surface area (Å²) in [6.07, 6.45) is 4.47. The van der Waals surface area contributed by atoms with E-state index in [1.165, 1.54) is 18.2 Å². The zero-order valence-corrected chi connectivity index (χ0v) is 14.8. The highest BCUT2D eigenvalue weighted by molar-refractivity contribution is 7.99. The van der Waals surface area contributed by atoms with Crippen LogP contribution >= 0.6 is 23.4 Å². The third-order valence-corrected chi connectivity index (χ3v) is 4.67. The Morgan fingerprint density at radius 3 is 2.77 bits per heavy atom. The lowest BCUT2D eigenvalue weighted by Gasteiger charge is -2.26. The van der Waals surface area contributed by atoms with E-state index in [4.69, 9.17) is 11.6 Å². The molecule has 0 bridgehead atoms. The topological polar surface area (TPSA) is 49.3 Å². The summed E-state index contributed by atoms with van der Waals surface area (Å²) < 4.78 is 0. The molecule has 5 nitrogen and oxygen atoms in total. The summed E-state index contributed by atoms with van der Waals surface area (Å²) in [5, 5.41) is 0.983. The van der Waals surface area contributed by atoms with E-state index in [0.717, 1.165) is 44.7 Å². The molecule has 1 aliphatic rings. The van der Waals surface area contributed by atoms with Crippen molar-refractivity contribution in [2.45, 2.75) is 37.8 Å². The molecule has 0 radical (unpaired) electrons. The predicted octanol–water partition coefficient (Wildman–Crippen LogP) is 3.08. The highest BCUT2D eigenvalue weighted by Crippen LogP contribution is 2.22. The van der Waals surface area contributed by atoms with Gasteiger partial charge in [0.2, 0.25) is 5.91 Å². The van der Waals surface area contributed by atoms with Gasteiger partial charge in [0, 0.05) is 32.7 Å². The molecule has 0 unspecified atom stereocenters. The Hall–Kier alpha value is -1.01. The lowest BCUT2D eigenvalue weighted by atomic mass is 10.1. The molecule has 1 aliphatic heterocycles. The van der Waals surface area contributed by atoms with E-state index in [-0.39, 0.29) is 5.91 Å². The summed E-state index contributed by atoms with van der Waals surface area (Å²) in [6.45, 7) is 4.77. The fraction of sp³-hybridized carbons (Fsp3) is 0.667. The SMILES string of the molecule is CCCN(C)c1cc(Cl)nc(SCC(=O)N2CCCCC2)n1. The van der Waals surface area contributed by atoms with Crippen LogP contribution in [-0.2, 0) is 4.79 Å². The van der Waals surface area contributed by atoms with Gasteiger partial charge in [0.1, 0.15) is 11.0 Å². The van der Waals surface area contributed by atoms with Crippen molar-refractivity contribution in [1.29, 1.82) is 0 Å². The quantitative estimate of drug-likeness (QED) is 0.451. The zero-order chi connectivity index (χ0) is 15.9. The van der Waals surface area contributed by atoms with Crippen molar-refractivity contribution in [1.82, 2.24) is 14.9 Å². The van der Waals surface area contributed by atoms with Gasteiger partial charge in [0.05, 0.1) is 5.75 Å². The van der Waals surface area contributed by atoms with Gasteiger partial charge in [-0.1, -0.05) is 30.3 Å². The number of amides is 1. The predicted molar refractivity (Wildman–Crippen MR) is 91.8 cm³/mol. The van der Waals surface area contributed by atoms with E-state index in [1.54, 1.807) is 6.07 Å². The third kappa shape index (κ3) is 5.02. The van der Waals surface area contributed by atoms with E-state index in [9.17, 15) is 4.79 Å². The van der Waals surface area contributed by atoms with Crippen molar-refractivity contribution < 1.29 is 4.79 Å². The molecule has 2 rings (SSSR count). The number of carbonyl (C=O) groups is 1. The summed E-state index contributed by atoms with van der Waals surface area (Å²) in [6, 6.07) is 1.76. The Balaban J connectivity index is 1.95. The molecule has 0 aliphatic carbocycles. The Kier molecular flexibility index (Phi) is 6.76. The second kappa shape index (κ2) is 8.58. The second-order valence-corrected chi connectivity index (χ2v) is 6.81. The van der Waals surface area contributed by atoms with Crippen molar-refractivity contribution in [3.63, 3.8) is 0 Å². The van der Waals surface area contributed by atoms with Gasteiger partial charge in [0.25, 0.3) is 0 Å². The summed E-state index contributed by atoms with van der Waals surface area (Å²) in [4.78, 5) is 24.9. The van der Waals surface area contributed by atoms with Crippen molar-refractivity contribution in [3.05, 3.63) is 11.2 Å². The highest BCUT2D eigenvalue weighted by Gasteiger charge is 2.17. The van der Waals surface area contributed by atoms with Crippen LogP contribution in [0.4, 0.5) is 5.82 Å². The Morgan fingerprint density at radius 1 is 1.36 bits per heavy atom. The smallest absolute Gasteiger partial charge is 0.233 e. The number of carbonyl (C=O) groups excluding carboxylic acids is 1. The van der Waals surface area contributed by atoms with E-state index in [1.807, 2.05) is 16.8 Å². The number of thioether (sulfide) groups is 1. The summed E-state index contributed by atoms with van der Waals surface area (Å²) >= 11 is 7.43. The van der Waals surface area contributed by atoms with Gasteiger partial charge in [-0.25, -0.2) is 9.97 Å². The minimum absolute atomic E-state index is 0.164. The normalized spacial score (nSPS) is 15.0. The molecule has 122 valence electrons. The lowest BCUT2D eigenvalue weighted by molar-refractivity contribution is -0.129. The molecular formula is C15H23ClN4OS. The molecule has 0 N–H and O–H groups in total. The largest absolute Gasteiger partial charge is 0.360 e. The first-order valence-corrected chi connectivity index (χ1v) is 9.13. The highest BCUT2D eigenvalue weighted by atomic mass is 35.5. The Morgan fingerprint density at radius 2 is 2.09 bits per heavy atom. The average molecular weight is 343 g/mol. The Bertz CT molecular complexity index is 508. The van der Waals surface area contributed by atoms with Crippen LogP contribution in [-0.4, -0.2) is 53.2 Å². The Labute approximate surface area is 141 Å². The van der Waals surface area contributed by atoms with Crippen LogP contribution in [0.25, 0.3) is 0 Å². The first kappa shape index (κ1) is 17.3. The molecule has 7 heteroatoms. The molecule has 0 spiro atoms. The van der Waals surface area contributed by atoms with Crippen molar-refractivity contribution in [2.75, 3.05) is 37.3 Å². The molecule has 1 fully saturated rings. The minimum atomic E-state index is 0.164. The van der Waals surface area contributed by atoms with Crippen LogP contribution in [0.3, 0.4) is 0 Å². The van der Waals surface area contributed by atoms with E-state index in [0.29, 0.717) is 16.1 Å². The summed E-state index contributed by atoms with van der Waals surface area (Å²) in [5.74, 6) is 1.34. The third-order valence-electron chi connectivity index (χ3n) is 3.64. The molecule has 0 atom stereocenters. The maximum atomic E-state index is 12.2. The number of hydrogen-bond donors (Lipinski definition) is 0. The molecule has 1 saturated heterocycles. The van der Waals surface area contributed by atoms with Gasteiger partial charge in [-0.15, -0.1) is 0 Å². The van der Waals surface area contributed by atoms with Gasteiger partial charge in [-0.05, 0) is 25.7 Å². The summed E-state index contributed by atoms with van der Waals surface area (Å²) in [7, 11) is 1.98. The van der Waals surface area contributed by atoms with E-state index >= 15 is 0 Å². The van der Waals surface area contributed by atoms with Crippen molar-refractivity contribution in [2.24, 2.45) is 0 Å². The fourth-order valence-corrected chi connectivity index (χ4v) is 3.44. The van der Waals surface area contributed by atoms with Crippen molar-refractivity contribution >= 4 is 35.1 Å². The number of nitrogens with zero attached hydrogens (tertiary/aromatic N) is 4. The molecule has 1 amide bonds. The van der Waals surface area contributed by atoms with Crippen LogP contribution in [0.2, 0.25) is 5.15 Å². The first-order valence-electron chi connectivity index (χ1n) is 7.76. The van der Waals surface area contributed by atoms with Crippen LogP contribution < -0.4 is 4.90 Å². The number of likely N-dealkylation sites (tertiary alicyclic amines) is 1. The summed E-state index contributed by atoms with van der Waals surface area (Å²) in [5.41, 5.74) is 0. The molecule has 1 aromatic rings. The molecule has 0 saturated carbocycles. The molecule has 22 heavy (non-hydrogen) atoms. The maximum Gasteiger partial charge on any atom is 0.233 e. The maximum absolute atomic E-state index is 12.2. The molecular weight excluding hydrogens is 320 g/mol. The zero-order valence-electron chi connectivity index (χ0n) is 13.2.